The maximum absolute atomic E-state index is 11.2. The molecule has 1 aliphatic heterocycles. The van der Waals surface area contributed by atoms with Crippen molar-refractivity contribution >= 4 is 17.7 Å². The van der Waals surface area contributed by atoms with Crippen LogP contribution in [0.3, 0.4) is 0 Å². The normalized spacial score (nSPS) is 15.8. The second kappa shape index (κ2) is 4.82. The van der Waals surface area contributed by atoms with Gasteiger partial charge in [-0.15, -0.1) is 0 Å². The summed E-state index contributed by atoms with van der Waals surface area (Å²) in [6.07, 6.45) is 1.71. The molecule has 17 heavy (non-hydrogen) atoms. The number of pyridine rings is 1. The van der Waals surface area contributed by atoms with Crippen LogP contribution < -0.4 is 4.90 Å². The molecule has 1 N–H and O–H groups in total. The van der Waals surface area contributed by atoms with Gasteiger partial charge in [-0.2, -0.15) is 0 Å². The van der Waals surface area contributed by atoms with E-state index in [1.165, 1.54) is 4.90 Å². The number of aliphatic carboxylic acids is 1. The van der Waals surface area contributed by atoms with Gasteiger partial charge in [0.25, 0.3) is 0 Å². The molecule has 0 unspecified atom stereocenters. The molecule has 2 rings (SSSR count). The number of hydrogen-bond acceptors (Lipinski definition) is 4. The third-order valence-corrected chi connectivity index (χ3v) is 2.72. The molecule has 1 aromatic heterocycles. The van der Waals surface area contributed by atoms with E-state index in [0.717, 1.165) is 5.82 Å². The van der Waals surface area contributed by atoms with Crippen molar-refractivity contribution in [2.24, 2.45) is 0 Å². The van der Waals surface area contributed by atoms with Gasteiger partial charge in [0, 0.05) is 32.4 Å². The molecule has 2 heterocycles. The fraction of sp³-hybridized carbons (Fsp3) is 0.364. The number of carbonyl (C=O) groups excluding carboxylic acids is 1. The molecule has 0 aliphatic carbocycles. The Balaban J connectivity index is 1.95. The van der Waals surface area contributed by atoms with Crippen LogP contribution in [0.4, 0.5) is 5.82 Å². The van der Waals surface area contributed by atoms with Crippen LogP contribution in [0.1, 0.15) is 0 Å². The van der Waals surface area contributed by atoms with Gasteiger partial charge in [-0.3, -0.25) is 4.79 Å². The molecule has 1 amide bonds. The maximum atomic E-state index is 11.2. The fourth-order valence-corrected chi connectivity index (χ4v) is 1.81. The fourth-order valence-electron chi connectivity index (χ4n) is 1.81. The van der Waals surface area contributed by atoms with Gasteiger partial charge in [0.15, 0.2) is 0 Å². The largest absolute Gasteiger partial charge is 0.474 e. The number of anilines is 1. The highest BCUT2D eigenvalue weighted by Crippen LogP contribution is 2.12. The Morgan fingerprint density at radius 3 is 2.41 bits per heavy atom. The number of carboxylic acid groups (broad SMARTS) is 1. The average molecular weight is 235 g/mol. The molecular weight excluding hydrogens is 222 g/mol. The van der Waals surface area contributed by atoms with Gasteiger partial charge in [-0.05, 0) is 12.1 Å². The smallest absolute Gasteiger partial charge is 0.394 e. The Labute approximate surface area is 98.5 Å². The van der Waals surface area contributed by atoms with Crippen molar-refractivity contribution in [3.05, 3.63) is 24.4 Å². The van der Waals surface area contributed by atoms with Gasteiger partial charge >= 0.3 is 11.9 Å². The van der Waals surface area contributed by atoms with Gasteiger partial charge in [0.1, 0.15) is 5.82 Å². The van der Waals surface area contributed by atoms with E-state index in [1.54, 1.807) is 6.20 Å². The number of aromatic nitrogens is 1. The van der Waals surface area contributed by atoms with Gasteiger partial charge in [0.2, 0.25) is 0 Å². The van der Waals surface area contributed by atoms with Crippen LogP contribution in [0.15, 0.2) is 24.4 Å². The van der Waals surface area contributed by atoms with Crippen LogP contribution in [0.5, 0.6) is 0 Å². The summed E-state index contributed by atoms with van der Waals surface area (Å²) in [5, 5.41) is 8.60. The molecule has 0 radical (unpaired) electrons. The summed E-state index contributed by atoms with van der Waals surface area (Å²) in [4.78, 5) is 29.4. The zero-order valence-corrected chi connectivity index (χ0v) is 9.24. The predicted molar refractivity (Wildman–Crippen MR) is 60.7 cm³/mol. The summed E-state index contributed by atoms with van der Waals surface area (Å²) in [6, 6.07) is 5.64. The monoisotopic (exact) mass is 235 g/mol. The summed E-state index contributed by atoms with van der Waals surface area (Å²) < 4.78 is 0. The van der Waals surface area contributed by atoms with E-state index in [2.05, 4.69) is 4.98 Å². The Morgan fingerprint density at radius 2 is 1.88 bits per heavy atom. The molecule has 1 fully saturated rings. The number of amides is 1. The summed E-state index contributed by atoms with van der Waals surface area (Å²) in [7, 11) is 0. The highest BCUT2D eigenvalue weighted by molar-refractivity contribution is 6.31. The van der Waals surface area contributed by atoms with Gasteiger partial charge in [0.05, 0.1) is 0 Å². The van der Waals surface area contributed by atoms with E-state index < -0.39 is 11.9 Å². The van der Waals surface area contributed by atoms with Gasteiger partial charge in [-0.1, -0.05) is 6.07 Å². The minimum Gasteiger partial charge on any atom is -0.474 e. The zero-order valence-electron chi connectivity index (χ0n) is 9.24. The third-order valence-electron chi connectivity index (χ3n) is 2.72. The van der Waals surface area contributed by atoms with Crippen molar-refractivity contribution in [2.75, 3.05) is 31.1 Å². The maximum Gasteiger partial charge on any atom is 0.394 e. The van der Waals surface area contributed by atoms with Crippen molar-refractivity contribution in [1.29, 1.82) is 0 Å². The molecule has 90 valence electrons. The Bertz CT molecular complexity index is 413. The number of carbonyl (C=O) groups is 2. The van der Waals surface area contributed by atoms with Crippen molar-refractivity contribution in [3.8, 4) is 0 Å². The number of hydrogen-bond donors (Lipinski definition) is 1. The standard InChI is InChI=1S/C11H13N3O3/c15-10(11(16)17)14-7-5-13(6-8-14)9-3-1-2-4-12-9/h1-4H,5-8H2,(H,16,17). The predicted octanol–water partition coefficient (Wildman–Crippen LogP) is -0.185. The van der Waals surface area contributed by atoms with Crippen molar-refractivity contribution in [3.63, 3.8) is 0 Å². The second-order valence-electron chi connectivity index (χ2n) is 3.77. The average Bonchev–Trinajstić information content (AvgIpc) is 2.39. The second-order valence-corrected chi connectivity index (χ2v) is 3.77. The Kier molecular flexibility index (Phi) is 3.22. The number of piperazine rings is 1. The van der Waals surface area contributed by atoms with Crippen molar-refractivity contribution in [1.82, 2.24) is 9.88 Å². The van der Waals surface area contributed by atoms with E-state index in [4.69, 9.17) is 5.11 Å². The molecule has 1 aliphatic rings. The van der Waals surface area contributed by atoms with Gasteiger partial charge < -0.3 is 14.9 Å². The molecule has 0 saturated carbocycles. The molecule has 6 nitrogen and oxygen atoms in total. The highest BCUT2D eigenvalue weighted by atomic mass is 16.4. The van der Waals surface area contributed by atoms with E-state index in [0.29, 0.717) is 26.2 Å². The highest BCUT2D eigenvalue weighted by Gasteiger charge is 2.25. The Hall–Kier alpha value is -2.11. The molecule has 1 saturated heterocycles. The van der Waals surface area contributed by atoms with Crippen LogP contribution in [-0.4, -0.2) is 53.0 Å². The minimum atomic E-state index is -1.39. The first-order valence-electron chi connectivity index (χ1n) is 5.36. The van der Waals surface area contributed by atoms with Crippen molar-refractivity contribution < 1.29 is 14.7 Å². The number of nitrogens with zero attached hydrogens (tertiary/aromatic N) is 3. The van der Waals surface area contributed by atoms with Crippen LogP contribution in [-0.2, 0) is 9.59 Å². The first-order valence-corrected chi connectivity index (χ1v) is 5.36. The molecular formula is C11H13N3O3. The third kappa shape index (κ3) is 2.52. The zero-order chi connectivity index (χ0) is 12.3. The van der Waals surface area contributed by atoms with Crippen molar-refractivity contribution in [2.45, 2.75) is 0 Å². The molecule has 6 heteroatoms. The SMILES string of the molecule is O=C(O)C(=O)N1CCN(c2ccccn2)CC1. The molecule has 0 aromatic carbocycles. The summed E-state index contributed by atoms with van der Waals surface area (Å²) >= 11 is 0. The number of carboxylic acids is 1. The lowest BCUT2D eigenvalue weighted by atomic mass is 10.3. The molecule has 0 bridgehead atoms. The number of rotatable bonds is 1. The van der Waals surface area contributed by atoms with Crippen LogP contribution in [0.2, 0.25) is 0 Å². The summed E-state index contributed by atoms with van der Waals surface area (Å²) in [5.41, 5.74) is 0. The summed E-state index contributed by atoms with van der Waals surface area (Å²) in [6.45, 7) is 2.05. The topological polar surface area (TPSA) is 73.7 Å². The minimum absolute atomic E-state index is 0.418. The lowest BCUT2D eigenvalue weighted by Crippen LogP contribution is -2.50. The first-order chi connectivity index (χ1) is 8.18. The van der Waals surface area contributed by atoms with E-state index in [1.807, 2.05) is 23.1 Å². The van der Waals surface area contributed by atoms with E-state index in [9.17, 15) is 9.59 Å². The van der Waals surface area contributed by atoms with E-state index >= 15 is 0 Å². The quantitative estimate of drug-likeness (QED) is 0.683. The molecule has 1 aromatic rings. The first kappa shape index (κ1) is 11.4. The lowest BCUT2D eigenvalue weighted by Gasteiger charge is -2.34. The molecule has 0 atom stereocenters. The van der Waals surface area contributed by atoms with Gasteiger partial charge in [-0.25, -0.2) is 9.78 Å². The lowest BCUT2D eigenvalue weighted by molar-refractivity contribution is -0.156. The summed E-state index contributed by atoms with van der Waals surface area (Å²) in [5.74, 6) is -1.36. The van der Waals surface area contributed by atoms with Crippen LogP contribution in [0.25, 0.3) is 0 Å². The van der Waals surface area contributed by atoms with Crippen LogP contribution >= 0.6 is 0 Å². The van der Waals surface area contributed by atoms with E-state index in [-0.39, 0.29) is 0 Å². The Morgan fingerprint density at radius 1 is 1.18 bits per heavy atom. The molecule has 0 spiro atoms. The van der Waals surface area contributed by atoms with Crippen LogP contribution in [0, 0.1) is 0 Å².